The van der Waals surface area contributed by atoms with E-state index < -0.39 is 11.9 Å². The van der Waals surface area contributed by atoms with Crippen LogP contribution in [0.15, 0.2) is 30.7 Å². The van der Waals surface area contributed by atoms with Crippen molar-refractivity contribution in [3.63, 3.8) is 0 Å². The number of aromatic carboxylic acids is 1. The number of carbonyl (C=O) groups excluding carboxylic acids is 1. The molecule has 7 heteroatoms. The first kappa shape index (κ1) is 11.8. The van der Waals surface area contributed by atoms with Crippen LogP contribution in [0.3, 0.4) is 0 Å². The molecule has 0 saturated carbocycles. The van der Waals surface area contributed by atoms with Gasteiger partial charge in [0, 0.05) is 12.4 Å². The van der Waals surface area contributed by atoms with Crippen molar-refractivity contribution in [2.45, 2.75) is 0 Å². The van der Waals surface area contributed by atoms with Crippen LogP contribution >= 0.6 is 0 Å². The Morgan fingerprint density at radius 3 is 2.83 bits per heavy atom. The molecule has 7 nitrogen and oxygen atoms in total. The summed E-state index contributed by atoms with van der Waals surface area (Å²) >= 11 is 0. The van der Waals surface area contributed by atoms with Gasteiger partial charge in [-0.2, -0.15) is 5.10 Å². The first-order valence-electron chi connectivity index (χ1n) is 4.95. The van der Waals surface area contributed by atoms with E-state index in [4.69, 9.17) is 5.11 Å². The van der Waals surface area contributed by atoms with Crippen molar-refractivity contribution < 1.29 is 19.4 Å². The maximum absolute atomic E-state index is 11.5. The number of methoxy groups -OCH3 is 1. The molecular weight excluding hydrogens is 238 g/mol. The second-order valence-electron chi connectivity index (χ2n) is 3.34. The normalized spacial score (nSPS) is 10.1. The summed E-state index contributed by atoms with van der Waals surface area (Å²) in [5.41, 5.74) is 0.219. The number of esters is 1. The number of hydrogen-bond donors (Lipinski definition) is 1. The van der Waals surface area contributed by atoms with Crippen molar-refractivity contribution in [1.29, 1.82) is 0 Å². The Morgan fingerprint density at radius 1 is 1.44 bits per heavy atom. The minimum atomic E-state index is -1.10. The van der Waals surface area contributed by atoms with Crippen LogP contribution in [0.4, 0.5) is 0 Å². The van der Waals surface area contributed by atoms with Gasteiger partial charge < -0.3 is 9.84 Å². The molecule has 2 aromatic rings. The Bertz CT molecular complexity index is 606. The predicted molar refractivity (Wildman–Crippen MR) is 59.7 cm³/mol. The summed E-state index contributed by atoms with van der Waals surface area (Å²) < 4.78 is 5.83. The van der Waals surface area contributed by atoms with Gasteiger partial charge in [0.05, 0.1) is 18.9 Å². The van der Waals surface area contributed by atoms with Gasteiger partial charge >= 0.3 is 11.9 Å². The fourth-order valence-electron chi connectivity index (χ4n) is 1.40. The van der Waals surface area contributed by atoms with E-state index in [0.29, 0.717) is 0 Å². The summed E-state index contributed by atoms with van der Waals surface area (Å²) in [7, 11) is 1.25. The molecular formula is C11H9N3O4. The third-order valence-corrected chi connectivity index (χ3v) is 2.24. The monoisotopic (exact) mass is 247 g/mol. The maximum atomic E-state index is 11.5. The average Bonchev–Trinajstić information content (AvgIpc) is 2.87. The van der Waals surface area contributed by atoms with E-state index in [2.05, 4.69) is 14.8 Å². The highest BCUT2D eigenvalue weighted by Gasteiger charge is 2.16. The number of ether oxygens (including phenoxy) is 1. The molecule has 0 aliphatic rings. The molecule has 0 radical (unpaired) electrons. The van der Waals surface area contributed by atoms with Gasteiger partial charge in [-0.1, -0.05) is 0 Å². The highest BCUT2D eigenvalue weighted by molar-refractivity contribution is 5.92. The minimum Gasteiger partial charge on any atom is -0.478 e. The van der Waals surface area contributed by atoms with Crippen LogP contribution < -0.4 is 0 Å². The van der Waals surface area contributed by atoms with Gasteiger partial charge in [-0.15, -0.1) is 0 Å². The Labute approximate surface area is 102 Å². The van der Waals surface area contributed by atoms with Gasteiger partial charge in [0.1, 0.15) is 5.56 Å². The molecule has 2 rings (SSSR count). The lowest BCUT2D eigenvalue weighted by Crippen LogP contribution is -2.09. The number of pyridine rings is 1. The lowest BCUT2D eigenvalue weighted by Gasteiger charge is -2.05. The number of hydrogen-bond acceptors (Lipinski definition) is 5. The van der Waals surface area contributed by atoms with Crippen molar-refractivity contribution in [3.05, 3.63) is 41.9 Å². The fourth-order valence-corrected chi connectivity index (χ4v) is 1.40. The number of rotatable bonds is 3. The zero-order valence-electron chi connectivity index (χ0n) is 9.40. The van der Waals surface area contributed by atoms with Gasteiger partial charge in [-0.3, -0.25) is 0 Å². The van der Waals surface area contributed by atoms with Gasteiger partial charge in [-0.25, -0.2) is 19.3 Å². The lowest BCUT2D eigenvalue weighted by molar-refractivity contribution is 0.0599. The SMILES string of the molecule is COC(=O)c1cccnc1-n1cc(C(=O)O)cn1. The van der Waals surface area contributed by atoms with Crippen LogP contribution in [0.2, 0.25) is 0 Å². The molecule has 0 fully saturated rings. The van der Waals surface area contributed by atoms with Crippen molar-refractivity contribution >= 4 is 11.9 Å². The predicted octanol–water partition coefficient (Wildman–Crippen LogP) is 0.752. The molecule has 1 N–H and O–H groups in total. The summed E-state index contributed by atoms with van der Waals surface area (Å²) in [6.07, 6.45) is 3.93. The molecule has 0 aliphatic carbocycles. The third-order valence-electron chi connectivity index (χ3n) is 2.24. The highest BCUT2D eigenvalue weighted by Crippen LogP contribution is 2.12. The molecule has 0 atom stereocenters. The number of aromatic nitrogens is 3. The van der Waals surface area contributed by atoms with E-state index >= 15 is 0 Å². The summed E-state index contributed by atoms with van der Waals surface area (Å²) in [4.78, 5) is 26.3. The van der Waals surface area contributed by atoms with E-state index in [1.165, 1.54) is 36.4 Å². The molecule has 0 unspecified atom stereocenters. The Balaban J connectivity index is 2.49. The van der Waals surface area contributed by atoms with Crippen LogP contribution in [0, 0.1) is 0 Å². The van der Waals surface area contributed by atoms with E-state index in [1.54, 1.807) is 6.07 Å². The summed E-state index contributed by atoms with van der Waals surface area (Å²) in [5, 5.41) is 12.7. The first-order chi connectivity index (χ1) is 8.63. The molecule has 0 aromatic carbocycles. The summed E-state index contributed by atoms with van der Waals surface area (Å²) in [5.74, 6) is -1.45. The Morgan fingerprint density at radius 2 is 2.22 bits per heavy atom. The van der Waals surface area contributed by atoms with Crippen molar-refractivity contribution in [3.8, 4) is 5.82 Å². The lowest BCUT2D eigenvalue weighted by atomic mass is 10.2. The smallest absolute Gasteiger partial charge is 0.341 e. The zero-order chi connectivity index (χ0) is 13.1. The first-order valence-corrected chi connectivity index (χ1v) is 4.95. The number of carboxylic acids is 1. The molecule has 0 spiro atoms. The average molecular weight is 247 g/mol. The van der Waals surface area contributed by atoms with Gasteiger partial charge in [0.2, 0.25) is 0 Å². The fraction of sp³-hybridized carbons (Fsp3) is 0.0909. The molecule has 0 bridgehead atoms. The quantitative estimate of drug-likeness (QED) is 0.804. The third kappa shape index (κ3) is 2.05. The van der Waals surface area contributed by atoms with E-state index in [-0.39, 0.29) is 16.9 Å². The minimum absolute atomic E-state index is 0.0106. The van der Waals surface area contributed by atoms with Gasteiger partial charge in [-0.05, 0) is 12.1 Å². The standard InChI is InChI=1S/C11H9N3O4/c1-18-11(17)8-3-2-4-12-9(8)14-6-7(5-13-14)10(15)16/h2-6H,1H3,(H,15,16). The summed E-state index contributed by atoms with van der Waals surface area (Å²) in [6.45, 7) is 0. The van der Waals surface area contributed by atoms with Crippen LogP contribution in [-0.4, -0.2) is 38.9 Å². The van der Waals surface area contributed by atoms with Gasteiger partial charge in [0.25, 0.3) is 0 Å². The van der Waals surface area contributed by atoms with Crippen LogP contribution in [0.5, 0.6) is 0 Å². The van der Waals surface area contributed by atoms with Crippen LogP contribution in [0.25, 0.3) is 5.82 Å². The molecule has 2 heterocycles. The van der Waals surface area contributed by atoms with E-state index in [9.17, 15) is 9.59 Å². The number of carbonyl (C=O) groups is 2. The van der Waals surface area contributed by atoms with Crippen molar-refractivity contribution in [1.82, 2.24) is 14.8 Å². The van der Waals surface area contributed by atoms with Crippen molar-refractivity contribution in [2.24, 2.45) is 0 Å². The van der Waals surface area contributed by atoms with E-state index in [1.807, 2.05) is 0 Å². The Kier molecular flexibility index (Phi) is 3.05. The molecule has 0 aliphatic heterocycles. The molecule has 2 aromatic heterocycles. The largest absolute Gasteiger partial charge is 0.478 e. The van der Waals surface area contributed by atoms with E-state index in [0.717, 1.165) is 0 Å². The molecule has 0 amide bonds. The second kappa shape index (κ2) is 4.66. The number of carboxylic acid groups (broad SMARTS) is 1. The van der Waals surface area contributed by atoms with Crippen molar-refractivity contribution in [2.75, 3.05) is 7.11 Å². The molecule has 92 valence electrons. The Hall–Kier alpha value is -2.70. The van der Waals surface area contributed by atoms with Crippen LogP contribution in [-0.2, 0) is 4.74 Å². The topological polar surface area (TPSA) is 94.3 Å². The van der Waals surface area contributed by atoms with Crippen LogP contribution in [0.1, 0.15) is 20.7 Å². The maximum Gasteiger partial charge on any atom is 0.341 e. The van der Waals surface area contributed by atoms with Gasteiger partial charge in [0.15, 0.2) is 5.82 Å². The zero-order valence-corrected chi connectivity index (χ0v) is 9.40. The number of nitrogens with zero attached hydrogens (tertiary/aromatic N) is 3. The highest BCUT2D eigenvalue weighted by atomic mass is 16.5. The summed E-state index contributed by atoms with van der Waals surface area (Å²) in [6, 6.07) is 3.10. The molecule has 18 heavy (non-hydrogen) atoms. The molecule has 0 saturated heterocycles. The second-order valence-corrected chi connectivity index (χ2v) is 3.34.